The van der Waals surface area contributed by atoms with Crippen molar-refractivity contribution in [2.45, 2.75) is 45.3 Å². The number of amides is 3. The number of hydrogen-bond acceptors (Lipinski definition) is 10. The predicted molar refractivity (Wildman–Crippen MR) is 103 cm³/mol. The number of urea groups is 1. The number of ether oxygens (including phenoxy) is 1. The maximum Gasteiger partial charge on any atom is 1.00 e. The first-order valence-electron chi connectivity index (χ1n) is 9.25. The molecule has 168 valence electrons. The molecule has 0 saturated carbocycles. The number of carbonyl (C=O) groups excluding carboxylic acids is 2. The van der Waals surface area contributed by atoms with Gasteiger partial charge in [-0.3, -0.25) is 29.0 Å². The van der Waals surface area contributed by atoms with Crippen LogP contribution in [0.4, 0.5) is 10.6 Å². The SMILES string of the molecule is CC(C)(C)C(=O)NC(=O)Nc1ncnc2c1ncn2[C@@H]1O[C@@H]2COP(=O)(O)O[C@H]2[C@H]1O.[Na+]. The number of aromatic nitrogens is 4. The molecule has 4 N–H and O–H groups in total. The second-order valence-corrected chi connectivity index (χ2v) is 9.50. The topological polar surface area (TPSA) is 187 Å². The summed E-state index contributed by atoms with van der Waals surface area (Å²) in [5.74, 6) is -0.443. The van der Waals surface area contributed by atoms with Crippen molar-refractivity contribution in [1.29, 1.82) is 0 Å². The molecule has 0 aliphatic carbocycles. The number of imide groups is 1. The van der Waals surface area contributed by atoms with E-state index in [9.17, 15) is 24.2 Å². The summed E-state index contributed by atoms with van der Waals surface area (Å²) < 4.78 is 28.4. The standard InChI is InChI=1S/C16H21N6O8P.Na/c1-16(2,3)14(24)21-15(25)20-11-8-12(18-5-17-11)22(6-19-8)13-9(23)10-7(29-13)4-28-31(26,27)30-10;/h5-7,9-10,13,23H,4H2,1-3H3,(H,26,27)(H2,17,18,20,21,24,25);/q;+1/t7-,9-,10-,13-;/m1./s1. The molecule has 14 nitrogen and oxygen atoms in total. The number of fused-ring (bicyclic) bond motifs is 2. The van der Waals surface area contributed by atoms with Crippen LogP contribution in [0.25, 0.3) is 11.2 Å². The summed E-state index contributed by atoms with van der Waals surface area (Å²) in [6, 6.07) is -0.790. The largest absolute Gasteiger partial charge is 1.00 e. The van der Waals surface area contributed by atoms with E-state index in [-0.39, 0.29) is 53.1 Å². The predicted octanol–water partition coefficient (Wildman–Crippen LogP) is -2.70. The fourth-order valence-corrected chi connectivity index (χ4v) is 4.09. The number of nitrogens with zero attached hydrogens (tertiary/aromatic N) is 4. The molecule has 0 spiro atoms. The minimum absolute atomic E-state index is 0. The zero-order valence-electron chi connectivity index (χ0n) is 17.8. The van der Waals surface area contributed by atoms with Crippen molar-refractivity contribution < 1.29 is 67.5 Å². The third kappa shape index (κ3) is 4.88. The van der Waals surface area contributed by atoms with Gasteiger partial charge in [0.05, 0.1) is 12.9 Å². The average Bonchev–Trinajstić information content (AvgIpc) is 3.22. The number of phosphoric acid groups is 1. The first kappa shape index (κ1) is 25.1. The van der Waals surface area contributed by atoms with Crippen LogP contribution in [0.15, 0.2) is 12.7 Å². The number of imidazole rings is 1. The first-order valence-corrected chi connectivity index (χ1v) is 10.7. The van der Waals surface area contributed by atoms with E-state index >= 15 is 0 Å². The maximum atomic E-state index is 12.2. The number of hydrogen-bond donors (Lipinski definition) is 4. The number of aliphatic hydroxyl groups excluding tert-OH is 1. The normalized spacial score (nSPS) is 29.8. The zero-order chi connectivity index (χ0) is 22.6. The molecule has 2 saturated heterocycles. The van der Waals surface area contributed by atoms with Crippen molar-refractivity contribution in [1.82, 2.24) is 24.8 Å². The number of carbonyl (C=O) groups is 2. The van der Waals surface area contributed by atoms with Gasteiger partial charge in [0.1, 0.15) is 24.6 Å². The van der Waals surface area contributed by atoms with Crippen molar-refractivity contribution in [3.8, 4) is 0 Å². The molecule has 5 atom stereocenters. The molecule has 2 aromatic heterocycles. The van der Waals surface area contributed by atoms with Crippen LogP contribution in [0, 0.1) is 5.41 Å². The van der Waals surface area contributed by atoms with Crippen molar-refractivity contribution in [2.24, 2.45) is 5.41 Å². The molecule has 0 aromatic carbocycles. The van der Waals surface area contributed by atoms with E-state index in [0.717, 1.165) is 6.33 Å². The van der Waals surface area contributed by atoms with Crippen molar-refractivity contribution in [2.75, 3.05) is 11.9 Å². The molecule has 2 aliphatic rings. The Morgan fingerprint density at radius 3 is 2.69 bits per heavy atom. The molecule has 2 aliphatic heterocycles. The van der Waals surface area contributed by atoms with Gasteiger partial charge in [0.25, 0.3) is 0 Å². The van der Waals surface area contributed by atoms with Crippen molar-refractivity contribution >= 4 is 36.7 Å². The maximum absolute atomic E-state index is 12.2. The number of aliphatic hydroxyl groups is 1. The van der Waals surface area contributed by atoms with Crippen LogP contribution < -0.4 is 40.2 Å². The molecule has 0 radical (unpaired) electrons. The summed E-state index contributed by atoms with van der Waals surface area (Å²) in [7, 11) is -4.27. The fraction of sp³-hybridized carbons (Fsp3) is 0.562. The number of nitrogens with one attached hydrogen (secondary N) is 2. The summed E-state index contributed by atoms with van der Waals surface area (Å²) in [4.78, 5) is 45.9. The number of phosphoric ester groups is 1. The Kier molecular flexibility index (Phi) is 7.11. The first-order chi connectivity index (χ1) is 14.5. The third-order valence-electron chi connectivity index (χ3n) is 4.74. The van der Waals surface area contributed by atoms with Crippen LogP contribution in [-0.2, 0) is 23.1 Å². The summed E-state index contributed by atoms with van der Waals surface area (Å²) in [5, 5.41) is 15.3. The Bertz CT molecular complexity index is 1090. The van der Waals surface area contributed by atoms with E-state index in [1.54, 1.807) is 20.8 Å². The summed E-state index contributed by atoms with van der Waals surface area (Å²) in [6.45, 7) is 4.75. The van der Waals surface area contributed by atoms with Gasteiger partial charge in [-0.05, 0) is 0 Å². The van der Waals surface area contributed by atoms with Gasteiger partial charge in [0.15, 0.2) is 23.2 Å². The van der Waals surface area contributed by atoms with Gasteiger partial charge in [-0.25, -0.2) is 24.3 Å². The molecule has 16 heteroatoms. The Labute approximate surface area is 204 Å². The van der Waals surface area contributed by atoms with E-state index in [4.69, 9.17) is 13.8 Å². The Balaban J connectivity index is 0.00000289. The van der Waals surface area contributed by atoms with Crippen LogP contribution in [0.2, 0.25) is 0 Å². The van der Waals surface area contributed by atoms with E-state index in [2.05, 4.69) is 25.6 Å². The molecule has 4 rings (SSSR count). The second-order valence-electron chi connectivity index (χ2n) is 8.09. The molecule has 3 amide bonds. The van der Waals surface area contributed by atoms with Crippen LogP contribution in [0.3, 0.4) is 0 Å². The van der Waals surface area contributed by atoms with Crippen LogP contribution >= 0.6 is 7.82 Å². The van der Waals surface area contributed by atoms with Crippen LogP contribution in [0.1, 0.15) is 27.0 Å². The second kappa shape index (κ2) is 9.05. The van der Waals surface area contributed by atoms with Gasteiger partial charge in [-0.2, -0.15) is 0 Å². The summed E-state index contributed by atoms with van der Waals surface area (Å²) in [5.41, 5.74) is -0.378. The van der Waals surface area contributed by atoms with E-state index < -0.39 is 49.7 Å². The van der Waals surface area contributed by atoms with Gasteiger partial charge < -0.3 is 14.7 Å². The molecular formula is C16H21N6NaO8P+. The van der Waals surface area contributed by atoms with Gasteiger partial charge in [0.2, 0.25) is 5.91 Å². The van der Waals surface area contributed by atoms with Crippen molar-refractivity contribution in [3.63, 3.8) is 0 Å². The average molecular weight is 479 g/mol. The molecule has 4 heterocycles. The van der Waals surface area contributed by atoms with E-state index in [1.807, 2.05) is 0 Å². The minimum atomic E-state index is -4.27. The summed E-state index contributed by atoms with van der Waals surface area (Å²) >= 11 is 0. The van der Waals surface area contributed by atoms with Gasteiger partial charge in [-0.15, -0.1) is 0 Å². The molecular weight excluding hydrogens is 458 g/mol. The van der Waals surface area contributed by atoms with Gasteiger partial charge in [0, 0.05) is 5.41 Å². The molecule has 2 fully saturated rings. The molecule has 0 bridgehead atoms. The minimum Gasteiger partial charge on any atom is -0.386 e. The molecule has 1 unspecified atom stereocenters. The Hall–Kier alpha value is -1.48. The smallest absolute Gasteiger partial charge is 0.386 e. The number of anilines is 1. The molecule has 32 heavy (non-hydrogen) atoms. The fourth-order valence-electron chi connectivity index (χ4n) is 3.12. The van der Waals surface area contributed by atoms with Gasteiger partial charge >= 0.3 is 43.4 Å². The number of rotatable bonds is 2. The van der Waals surface area contributed by atoms with Gasteiger partial charge in [-0.1, -0.05) is 20.8 Å². The Morgan fingerprint density at radius 2 is 2.00 bits per heavy atom. The van der Waals surface area contributed by atoms with E-state index in [0.29, 0.717) is 0 Å². The van der Waals surface area contributed by atoms with Crippen LogP contribution in [-0.4, -0.2) is 66.4 Å². The third-order valence-corrected chi connectivity index (χ3v) is 5.72. The zero-order valence-corrected chi connectivity index (χ0v) is 20.6. The van der Waals surface area contributed by atoms with Crippen LogP contribution in [0.5, 0.6) is 0 Å². The molecule has 2 aromatic rings. The monoisotopic (exact) mass is 479 g/mol. The van der Waals surface area contributed by atoms with E-state index in [1.165, 1.54) is 10.9 Å². The van der Waals surface area contributed by atoms with Crippen molar-refractivity contribution in [3.05, 3.63) is 12.7 Å². The quantitative estimate of drug-likeness (QED) is 0.259. The Morgan fingerprint density at radius 1 is 1.28 bits per heavy atom. The summed E-state index contributed by atoms with van der Waals surface area (Å²) in [6.07, 6.45) is -1.74.